The van der Waals surface area contributed by atoms with Crippen molar-refractivity contribution in [2.45, 2.75) is 31.1 Å². The van der Waals surface area contributed by atoms with Gasteiger partial charge in [-0.1, -0.05) is 6.92 Å². The molecule has 0 atom stereocenters. The van der Waals surface area contributed by atoms with Crippen LogP contribution in [0.15, 0.2) is 29.2 Å². The predicted octanol–water partition coefficient (Wildman–Crippen LogP) is 1.29. The first-order valence-corrected chi connectivity index (χ1v) is 10.2. The molecule has 0 aromatic heterocycles. The average Bonchev–Trinajstić information content (AvgIpc) is 2.67. The van der Waals surface area contributed by atoms with Crippen LogP contribution in [0.25, 0.3) is 0 Å². The van der Waals surface area contributed by atoms with E-state index in [9.17, 15) is 18.0 Å². The number of carbonyl (C=O) groups is 2. The van der Waals surface area contributed by atoms with E-state index in [-0.39, 0.29) is 23.4 Å². The Kier molecular flexibility index (Phi) is 7.33. The summed E-state index contributed by atoms with van der Waals surface area (Å²) in [5.74, 6) is -0.705. The van der Waals surface area contributed by atoms with E-state index < -0.39 is 28.5 Å². The van der Waals surface area contributed by atoms with Gasteiger partial charge in [0.15, 0.2) is 6.61 Å². The summed E-state index contributed by atoms with van der Waals surface area (Å²) in [7, 11) is -3.58. The van der Waals surface area contributed by atoms with Crippen molar-refractivity contribution < 1.29 is 22.7 Å². The molecule has 0 saturated carbocycles. The number of amides is 1. The van der Waals surface area contributed by atoms with Gasteiger partial charge >= 0.3 is 5.97 Å². The van der Waals surface area contributed by atoms with Gasteiger partial charge in [0, 0.05) is 19.6 Å². The van der Waals surface area contributed by atoms with Crippen LogP contribution in [-0.2, 0) is 19.6 Å². The molecule has 1 aliphatic rings. The first kappa shape index (κ1) is 20.9. The molecule has 0 unspecified atom stereocenters. The predicted molar refractivity (Wildman–Crippen MR) is 97.1 cm³/mol. The fourth-order valence-electron chi connectivity index (χ4n) is 2.66. The SMILES string of the molecule is CC1CCN(S(=O)(=O)c2ccc(C(=O)OCC(=O)NCCC#N)cc2)CC1. The number of nitrogens with one attached hydrogen (secondary N) is 1. The molecule has 0 radical (unpaired) electrons. The summed E-state index contributed by atoms with van der Waals surface area (Å²) >= 11 is 0. The Morgan fingerprint density at radius 1 is 1.26 bits per heavy atom. The number of hydrogen-bond acceptors (Lipinski definition) is 6. The van der Waals surface area contributed by atoms with Crippen molar-refractivity contribution in [3.05, 3.63) is 29.8 Å². The largest absolute Gasteiger partial charge is 0.452 e. The number of sulfonamides is 1. The Bertz CT molecular complexity index is 806. The van der Waals surface area contributed by atoms with E-state index in [4.69, 9.17) is 10.00 Å². The Labute approximate surface area is 159 Å². The number of piperidine rings is 1. The van der Waals surface area contributed by atoms with E-state index in [1.165, 1.54) is 28.6 Å². The molecule has 1 saturated heterocycles. The zero-order valence-electron chi connectivity index (χ0n) is 15.2. The fraction of sp³-hybridized carbons (Fsp3) is 0.500. The van der Waals surface area contributed by atoms with E-state index in [2.05, 4.69) is 12.2 Å². The van der Waals surface area contributed by atoms with Gasteiger partial charge in [-0.3, -0.25) is 4.79 Å². The lowest BCUT2D eigenvalue weighted by Gasteiger charge is -2.29. The summed E-state index contributed by atoms with van der Waals surface area (Å²) in [5.41, 5.74) is 0.158. The lowest BCUT2D eigenvalue weighted by Crippen LogP contribution is -2.37. The molecule has 9 heteroatoms. The van der Waals surface area contributed by atoms with Gasteiger partial charge in [-0.2, -0.15) is 9.57 Å². The molecule has 2 rings (SSSR count). The molecular weight excluding hydrogens is 370 g/mol. The number of hydrogen-bond donors (Lipinski definition) is 1. The molecule has 1 aromatic carbocycles. The summed E-state index contributed by atoms with van der Waals surface area (Å²) in [6.45, 7) is 2.82. The third kappa shape index (κ3) is 5.77. The molecule has 8 nitrogen and oxygen atoms in total. The van der Waals surface area contributed by atoms with Crippen molar-refractivity contribution in [2.75, 3.05) is 26.2 Å². The monoisotopic (exact) mass is 393 g/mol. The number of nitriles is 1. The summed E-state index contributed by atoms with van der Waals surface area (Å²) < 4.78 is 31.6. The highest BCUT2D eigenvalue weighted by Crippen LogP contribution is 2.23. The van der Waals surface area contributed by atoms with Crippen molar-refractivity contribution in [3.8, 4) is 6.07 Å². The summed E-state index contributed by atoms with van der Waals surface area (Å²) in [4.78, 5) is 23.5. The number of carbonyl (C=O) groups excluding carboxylic acids is 2. The molecule has 0 aliphatic carbocycles. The van der Waals surface area contributed by atoms with Crippen LogP contribution < -0.4 is 5.32 Å². The van der Waals surface area contributed by atoms with Crippen LogP contribution in [0.5, 0.6) is 0 Å². The van der Waals surface area contributed by atoms with E-state index in [1.807, 2.05) is 6.07 Å². The minimum Gasteiger partial charge on any atom is -0.452 e. The van der Waals surface area contributed by atoms with Crippen LogP contribution in [0.4, 0.5) is 0 Å². The molecular formula is C18H23N3O5S. The van der Waals surface area contributed by atoms with Crippen LogP contribution in [-0.4, -0.2) is 50.8 Å². The van der Waals surface area contributed by atoms with E-state index in [0.717, 1.165) is 12.8 Å². The standard InChI is InChI=1S/C18H23N3O5S/c1-14-7-11-21(12-8-14)27(24,25)16-5-3-15(4-6-16)18(23)26-13-17(22)20-10-2-9-19/h3-6,14H,2,7-8,10-13H2,1H3,(H,20,22). The van der Waals surface area contributed by atoms with Crippen LogP contribution in [0.3, 0.4) is 0 Å². The average molecular weight is 393 g/mol. The smallest absolute Gasteiger partial charge is 0.338 e. The van der Waals surface area contributed by atoms with Crippen molar-refractivity contribution in [1.29, 1.82) is 5.26 Å². The van der Waals surface area contributed by atoms with Gasteiger partial charge in [-0.05, 0) is 43.0 Å². The second kappa shape index (κ2) is 9.48. The highest BCUT2D eigenvalue weighted by atomic mass is 32.2. The number of nitrogens with zero attached hydrogens (tertiary/aromatic N) is 2. The quantitative estimate of drug-likeness (QED) is 0.551. The highest BCUT2D eigenvalue weighted by Gasteiger charge is 2.28. The van der Waals surface area contributed by atoms with Crippen LogP contribution >= 0.6 is 0 Å². The minimum atomic E-state index is -3.58. The van der Waals surface area contributed by atoms with Gasteiger partial charge in [-0.15, -0.1) is 0 Å². The lowest BCUT2D eigenvalue weighted by molar-refractivity contribution is -0.124. The normalized spacial score (nSPS) is 15.7. The zero-order valence-corrected chi connectivity index (χ0v) is 16.0. The van der Waals surface area contributed by atoms with Crippen molar-refractivity contribution in [2.24, 2.45) is 5.92 Å². The van der Waals surface area contributed by atoms with Crippen molar-refractivity contribution in [3.63, 3.8) is 0 Å². The topological polar surface area (TPSA) is 117 Å². The highest BCUT2D eigenvalue weighted by molar-refractivity contribution is 7.89. The molecule has 1 amide bonds. The third-order valence-corrected chi connectivity index (χ3v) is 6.28. The maximum Gasteiger partial charge on any atom is 0.338 e. The summed E-state index contributed by atoms with van der Waals surface area (Å²) in [5, 5.41) is 10.8. The Morgan fingerprint density at radius 2 is 1.89 bits per heavy atom. The van der Waals surface area contributed by atoms with Crippen molar-refractivity contribution in [1.82, 2.24) is 9.62 Å². The van der Waals surface area contributed by atoms with Gasteiger partial charge in [-0.25, -0.2) is 13.2 Å². The van der Waals surface area contributed by atoms with E-state index >= 15 is 0 Å². The summed E-state index contributed by atoms with van der Waals surface area (Å²) in [6, 6.07) is 7.37. The van der Waals surface area contributed by atoms with E-state index in [0.29, 0.717) is 19.0 Å². The molecule has 0 bridgehead atoms. The fourth-order valence-corrected chi connectivity index (χ4v) is 4.13. The Morgan fingerprint density at radius 3 is 2.48 bits per heavy atom. The molecule has 1 fully saturated rings. The number of rotatable bonds is 7. The second-order valence-corrected chi connectivity index (χ2v) is 8.38. The molecule has 27 heavy (non-hydrogen) atoms. The lowest BCUT2D eigenvalue weighted by atomic mass is 10.0. The van der Waals surface area contributed by atoms with Crippen molar-refractivity contribution >= 4 is 21.9 Å². The van der Waals surface area contributed by atoms with Gasteiger partial charge in [0.1, 0.15) is 0 Å². The molecule has 146 valence electrons. The third-order valence-electron chi connectivity index (χ3n) is 4.36. The van der Waals surface area contributed by atoms with E-state index in [1.54, 1.807) is 0 Å². The number of esters is 1. The number of ether oxygens (including phenoxy) is 1. The van der Waals surface area contributed by atoms with Crippen LogP contribution in [0.1, 0.15) is 36.5 Å². The minimum absolute atomic E-state index is 0.128. The molecule has 1 aromatic rings. The first-order valence-electron chi connectivity index (χ1n) is 8.75. The van der Waals surface area contributed by atoms with Gasteiger partial charge in [0.25, 0.3) is 5.91 Å². The maximum atomic E-state index is 12.6. The first-order chi connectivity index (χ1) is 12.8. The van der Waals surface area contributed by atoms with Crippen LogP contribution in [0, 0.1) is 17.2 Å². The van der Waals surface area contributed by atoms with Gasteiger partial charge in [0.05, 0.1) is 22.9 Å². The molecule has 1 heterocycles. The second-order valence-electron chi connectivity index (χ2n) is 6.45. The summed E-state index contributed by atoms with van der Waals surface area (Å²) in [6.07, 6.45) is 1.84. The maximum absolute atomic E-state index is 12.6. The molecule has 1 aliphatic heterocycles. The Hall–Kier alpha value is -2.44. The number of benzene rings is 1. The van der Waals surface area contributed by atoms with Gasteiger partial charge in [0.2, 0.25) is 10.0 Å². The van der Waals surface area contributed by atoms with Crippen LogP contribution in [0.2, 0.25) is 0 Å². The zero-order chi connectivity index (χ0) is 19.9. The molecule has 0 spiro atoms. The molecule has 1 N–H and O–H groups in total. The Balaban J connectivity index is 1.93. The van der Waals surface area contributed by atoms with Gasteiger partial charge < -0.3 is 10.1 Å².